The summed E-state index contributed by atoms with van der Waals surface area (Å²) in [5.41, 5.74) is 0.570. The van der Waals surface area contributed by atoms with Gasteiger partial charge < -0.3 is 10.0 Å². The molecule has 0 spiro atoms. The van der Waals surface area contributed by atoms with Crippen LogP contribution < -0.4 is 4.90 Å². The molecule has 0 bridgehead atoms. The van der Waals surface area contributed by atoms with Gasteiger partial charge >= 0.3 is 5.97 Å². The lowest BCUT2D eigenvalue weighted by atomic mass is 10.3. The SMILES string of the molecule is Cc1nc(CN(C)c2nc(CC(=O)O)cs2)n[nH]1. The van der Waals surface area contributed by atoms with Crippen molar-refractivity contribution in [2.24, 2.45) is 0 Å². The van der Waals surface area contributed by atoms with Gasteiger partial charge in [-0.25, -0.2) is 9.97 Å². The highest BCUT2D eigenvalue weighted by molar-refractivity contribution is 7.13. The number of aryl methyl sites for hydroxylation is 1. The molecule has 2 aromatic rings. The number of aromatic amines is 1. The van der Waals surface area contributed by atoms with Crippen LogP contribution in [0.1, 0.15) is 17.3 Å². The topological polar surface area (TPSA) is 95.0 Å². The zero-order chi connectivity index (χ0) is 13.1. The van der Waals surface area contributed by atoms with Crippen LogP contribution in [0.4, 0.5) is 5.13 Å². The van der Waals surface area contributed by atoms with E-state index in [1.807, 2.05) is 18.9 Å². The number of nitrogens with zero attached hydrogens (tertiary/aromatic N) is 4. The van der Waals surface area contributed by atoms with E-state index in [1.165, 1.54) is 11.3 Å². The van der Waals surface area contributed by atoms with Crippen LogP contribution in [0.15, 0.2) is 5.38 Å². The number of H-pyrrole nitrogens is 1. The van der Waals surface area contributed by atoms with Crippen molar-refractivity contribution in [2.75, 3.05) is 11.9 Å². The molecule has 2 N–H and O–H groups in total. The van der Waals surface area contributed by atoms with E-state index in [0.29, 0.717) is 18.1 Å². The largest absolute Gasteiger partial charge is 0.481 e. The molecule has 0 aliphatic heterocycles. The predicted octanol–water partition coefficient (Wildman–Crippen LogP) is 0.833. The Morgan fingerprint density at radius 2 is 2.33 bits per heavy atom. The summed E-state index contributed by atoms with van der Waals surface area (Å²) in [6.07, 6.45) is -0.0515. The fraction of sp³-hybridized carbons (Fsp3) is 0.400. The Morgan fingerprint density at radius 1 is 1.56 bits per heavy atom. The fourth-order valence-electron chi connectivity index (χ4n) is 1.45. The first-order valence-electron chi connectivity index (χ1n) is 5.30. The van der Waals surface area contributed by atoms with Crippen molar-refractivity contribution in [3.8, 4) is 0 Å². The summed E-state index contributed by atoms with van der Waals surface area (Å²) >= 11 is 1.41. The van der Waals surface area contributed by atoms with Crippen LogP contribution in [-0.4, -0.2) is 38.3 Å². The van der Waals surface area contributed by atoms with Gasteiger partial charge in [0.15, 0.2) is 11.0 Å². The molecule has 0 atom stereocenters. The van der Waals surface area contributed by atoms with E-state index in [1.54, 1.807) is 5.38 Å². The molecule has 8 heteroatoms. The maximum atomic E-state index is 10.6. The fourth-order valence-corrected chi connectivity index (χ4v) is 2.24. The number of carboxylic acids is 1. The average Bonchev–Trinajstić information content (AvgIpc) is 2.87. The molecule has 0 amide bonds. The lowest BCUT2D eigenvalue weighted by molar-refractivity contribution is -0.136. The van der Waals surface area contributed by atoms with Crippen molar-refractivity contribution in [2.45, 2.75) is 19.9 Å². The van der Waals surface area contributed by atoms with Crippen LogP contribution >= 0.6 is 11.3 Å². The number of thiazole rings is 1. The Labute approximate surface area is 108 Å². The molecule has 0 aliphatic carbocycles. The number of carboxylic acid groups (broad SMARTS) is 1. The second kappa shape index (κ2) is 5.13. The van der Waals surface area contributed by atoms with Gasteiger partial charge in [-0.15, -0.1) is 11.3 Å². The molecule has 7 nitrogen and oxygen atoms in total. The first kappa shape index (κ1) is 12.5. The Kier molecular flexibility index (Phi) is 3.56. The van der Waals surface area contributed by atoms with Gasteiger partial charge in [-0.1, -0.05) is 0 Å². The molecule has 0 saturated heterocycles. The molecule has 96 valence electrons. The number of aromatic nitrogens is 4. The quantitative estimate of drug-likeness (QED) is 0.833. The van der Waals surface area contributed by atoms with Gasteiger partial charge in [-0.3, -0.25) is 9.89 Å². The molecule has 2 aromatic heterocycles. The standard InChI is InChI=1S/C10H13N5O2S/c1-6-11-8(14-13-6)4-15(2)10-12-7(5-18-10)3-9(16)17/h5H,3-4H2,1-2H3,(H,16,17)(H,11,13,14). The third-order valence-corrected chi connectivity index (χ3v) is 3.22. The van der Waals surface area contributed by atoms with E-state index in [2.05, 4.69) is 20.2 Å². The zero-order valence-electron chi connectivity index (χ0n) is 10.0. The summed E-state index contributed by atoms with van der Waals surface area (Å²) in [6, 6.07) is 0. The van der Waals surface area contributed by atoms with E-state index in [4.69, 9.17) is 5.11 Å². The number of nitrogens with one attached hydrogen (secondary N) is 1. The van der Waals surface area contributed by atoms with Gasteiger partial charge in [0.05, 0.1) is 18.7 Å². The first-order valence-corrected chi connectivity index (χ1v) is 6.18. The summed E-state index contributed by atoms with van der Waals surface area (Å²) in [7, 11) is 1.87. The summed E-state index contributed by atoms with van der Waals surface area (Å²) in [5, 5.41) is 18.0. The van der Waals surface area contributed by atoms with Gasteiger partial charge in [-0.05, 0) is 6.92 Å². The smallest absolute Gasteiger partial charge is 0.309 e. The minimum Gasteiger partial charge on any atom is -0.481 e. The minimum atomic E-state index is -0.876. The van der Waals surface area contributed by atoms with Crippen molar-refractivity contribution in [3.63, 3.8) is 0 Å². The Hall–Kier alpha value is -1.96. The third-order valence-electron chi connectivity index (χ3n) is 2.22. The molecule has 0 aromatic carbocycles. The van der Waals surface area contributed by atoms with Crippen LogP contribution in [0, 0.1) is 6.92 Å². The molecule has 0 unspecified atom stereocenters. The van der Waals surface area contributed by atoms with E-state index in [9.17, 15) is 4.79 Å². The first-order chi connectivity index (χ1) is 8.54. The summed E-state index contributed by atoms with van der Waals surface area (Å²) in [6.45, 7) is 2.37. The average molecular weight is 267 g/mol. The maximum Gasteiger partial charge on any atom is 0.309 e. The van der Waals surface area contributed by atoms with E-state index >= 15 is 0 Å². The lowest BCUT2D eigenvalue weighted by Crippen LogP contribution is -2.17. The maximum absolute atomic E-state index is 10.6. The number of carbonyl (C=O) groups is 1. The Balaban J connectivity index is 2.02. The van der Waals surface area contributed by atoms with Crippen molar-refractivity contribution >= 4 is 22.4 Å². The second-order valence-electron chi connectivity index (χ2n) is 3.89. The highest BCUT2D eigenvalue weighted by Crippen LogP contribution is 2.20. The Bertz CT molecular complexity index is 550. The van der Waals surface area contributed by atoms with Crippen molar-refractivity contribution in [1.82, 2.24) is 20.2 Å². The van der Waals surface area contributed by atoms with Crippen LogP contribution in [0.5, 0.6) is 0 Å². The normalized spacial score (nSPS) is 10.6. The van der Waals surface area contributed by atoms with Crippen LogP contribution in [0.3, 0.4) is 0 Å². The number of aliphatic carboxylic acids is 1. The monoisotopic (exact) mass is 267 g/mol. The lowest BCUT2D eigenvalue weighted by Gasteiger charge is -2.12. The van der Waals surface area contributed by atoms with Gasteiger partial charge in [0.1, 0.15) is 5.82 Å². The number of rotatable bonds is 5. The predicted molar refractivity (Wildman–Crippen MR) is 66.7 cm³/mol. The Morgan fingerprint density at radius 3 is 2.94 bits per heavy atom. The summed E-state index contributed by atoms with van der Waals surface area (Å²) in [4.78, 5) is 20.9. The highest BCUT2D eigenvalue weighted by Gasteiger charge is 2.11. The van der Waals surface area contributed by atoms with Crippen LogP contribution in [-0.2, 0) is 17.8 Å². The van der Waals surface area contributed by atoms with Gasteiger partial charge in [-0.2, -0.15) is 5.10 Å². The molecule has 0 radical (unpaired) electrons. The number of hydrogen-bond acceptors (Lipinski definition) is 6. The molecular weight excluding hydrogens is 254 g/mol. The molecule has 2 rings (SSSR count). The van der Waals surface area contributed by atoms with Crippen LogP contribution in [0.2, 0.25) is 0 Å². The molecular formula is C10H13N5O2S. The summed E-state index contributed by atoms with van der Waals surface area (Å²) in [5.74, 6) is 0.577. The van der Waals surface area contributed by atoms with Gasteiger partial charge in [0.25, 0.3) is 0 Å². The zero-order valence-corrected chi connectivity index (χ0v) is 10.9. The molecule has 2 heterocycles. The third kappa shape index (κ3) is 3.04. The second-order valence-corrected chi connectivity index (χ2v) is 4.72. The molecule has 0 fully saturated rings. The van der Waals surface area contributed by atoms with Gasteiger partial charge in [0, 0.05) is 12.4 Å². The summed E-state index contributed by atoms with van der Waals surface area (Å²) < 4.78 is 0. The minimum absolute atomic E-state index is 0.0515. The van der Waals surface area contributed by atoms with Gasteiger partial charge in [0.2, 0.25) is 0 Å². The number of hydrogen-bond donors (Lipinski definition) is 2. The highest BCUT2D eigenvalue weighted by atomic mass is 32.1. The van der Waals surface area contributed by atoms with Crippen molar-refractivity contribution in [1.29, 1.82) is 0 Å². The molecule has 18 heavy (non-hydrogen) atoms. The van der Waals surface area contributed by atoms with E-state index in [-0.39, 0.29) is 6.42 Å². The van der Waals surface area contributed by atoms with Crippen LogP contribution in [0.25, 0.3) is 0 Å². The molecule has 0 aliphatic rings. The molecule has 0 saturated carbocycles. The van der Waals surface area contributed by atoms with E-state index in [0.717, 1.165) is 11.0 Å². The van der Waals surface area contributed by atoms with Crippen molar-refractivity contribution < 1.29 is 9.90 Å². The number of anilines is 1. The van der Waals surface area contributed by atoms with Crippen molar-refractivity contribution in [3.05, 3.63) is 22.7 Å². The van der Waals surface area contributed by atoms with E-state index < -0.39 is 5.97 Å².